The van der Waals surface area contributed by atoms with Gasteiger partial charge in [0, 0.05) is 11.8 Å². The molecule has 1 fully saturated rings. The molecule has 0 aromatic rings. The van der Waals surface area contributed by atoms with Gasteiger partial charge in [0.2, 0.25) is 0 Å². The van der Waals surface area contributed by atoms with Crippen LogP contribution < -0.4 is 0 Å². The first-order chi connectivity index (χ1) is 6.43. The topological polar surface area (TPSA) is 49.7 Å². The van der Waals surface area contributed by atoms with Crippen LogP contribution in [0.25, 0.3) is 0 Å². The molecule has 1 aliphatic rings. The van der Waals surface area contributed by atoms with Gasteiger partial charge in [0.05, 0.1) is 12.2 Å². The van der Waals surface area contributed by atoms with Crippen molar-refractivity contribution in [1.29, 1.82) is 0 Å². The van der Waals surface area contributed by atoms with Gasteiger partial charge in [-0.25, -0.2) is 0 Å². The smallest absolute Gasteiger partial charge is 0.159 e. The molecule has 1 unspecified atom stereocenters. The number of aliphatic hydroxyl groups excluding tert-OH is 2. The minimum absolute atomic E-state index is 0.0174. The first-order valence-corrected chi connectivity index (χ1v) is 5.45. The molecule has 3 heteroatoms. The number of hydrogen-bond acceptors (Lipinski definition) is 3. The summed E-state index contributed by atoms with van der Waals surface area (Å²) in [5.74, 6) is 0.444. The molecule has 5 atom stereocenters. The molecule has 1 rings (SSSR count). The van der Waals surface area contributed by atoms with Gasteiger partial charge in [-0.3, -0.25) is 0 Å². The predicted molar refractivity (Wildman–Crippen MR) is 54.7 cm³/mol. The summed E-state index contributed by atoms with van der Waals surface area (Å²) in [7, 11) is 0. The summed E-state index contributed by atoms with van der Waals surface area (Å²) in [6.07, 6.45) is -0.397. The molecule has 0 aromatic heterocycles. The van der Waals surface area contributed by atoms with E-state index in [1.807, 2.05) is 13.8 Å². The molecule has 0 amide bonds. The largest absolute Gasteiger partial charge is 0.392 e. The lowest BCUT2D eigenvalue weighted by atomic mass is 9.83. The molecule has 1 saturated heterocycles. The Bertz CT molecular complexity index is 181. The van der Waals surface area contributed by atoms with Gasteiger partial charge in [-0.1, -0.05) is 27.7 Å². The van der Waals surface area contributed by atoms with Gasteiger partial charge in [-0.15, -0.1) is 0 Å². The monoisotopic (exact) mass is 202 g/mol. The summed E-state index contributed by atoms with van der Waals surface area (Å²) in [5.41, 5.74) is 0. The van der Waals surface area contributed by atoms with Crippen molar-refractivity contribution in [2.45, 2.75) is 52.6 Å². The normalized spacial score (nSPS) is 44.4. The summed E-state index contributed by atoms with van der Waals surface area (Å²) < 4.78 is 5.49. The third kappa shape index (κ3) is 2.47. The molecule has 0 bridgehead atoms. The molecule has 3 nitrogen and oxygen atoms in total. The third-order valence-electron chi connectivity index (χ3n) is 3.13. The Labute approximate surface area is 86.1 Å². The highest BCUT2D eigenvalue weighted by atomic mass is 16.6. The zero-order chi connectivity index (χ0) is 10.9. The van der Waals surface area contributed by atoms with Crippen LogP contribution in [0, 0.1) is 17.8 Å². The van der Waals surface area contributed by atoms with Crippen LogP contribution in [0.15, 0.2) is 0 Å². The van der Waals surface area contributed by atoms with Crippen LogP contribution in [0.4, 0.5) is 0 Å². The van der Waals surface area contributed by atoms with Gasteiger partial charge < -0.3 is 14.9 Å². The second kappa shape index (κ2) is 4.60. The van der Waals surface area contributed by atoms with E-state index in [2.05, 4.69) is 13.8 Å². The van der Waals surface area contributed by atoms with Crippen LogP contribution in [-0.2, 0) is 4.74 Å². The lowest BCUT2D eigenvalue weighted by Crippen LogP contribution is -2.49. The van der Waals surface area contributed by atoms with Crippen molar-refractivity contribution in [2.24, 2.45) is 17.8 Å². The average Bonchev–Trinajstić information content (AvgIpc) is 2.10. The molecule has 0 aromatic carbocycles. The Kier molecular flexibility index (Phi) is 3.93. The van der Waals surface area contributed by atoms with Crippen LogP contribution in [0.1, 0.15) is 34.1 Å². The van der Waals surface area contributed by atoms with E-state index >= 15 is 0 Å². The van der Waals surface area contributed by atoms with Gasteiger partial charge in [-0.2, -0.15) is 0 Å². The standard InChI is InChI=1S/C11H22O3/c1-6(2)5-9-7(3)10(12)8(4)11(13)14-9/h6-13H,5H2,1-4H3/t7-,8+,9-,10+,11?/m1/s1. The fourth-order valence-electron chi connectivity index (χ4n) is 2.03. The van der Waals surface area contributed by atoms with E-state index in [4.69, 9.17) is 4.74 Å². The van der Waals surface area contributed by atoms with Crippen molar-refractivity contribution in [3.8, 4) is 0 Å². The highest BCUT2D eigenvalue weighted by Crippen LogP contribution is 2.31. The van der Waals surface area contributed by atoms with Crippen LogP contribution >= 0.6 is 0 Å². The minimum Gasteiger partial charge on any atom is -0.392 e. The molecule has 0 saturated carbocycles. The van der Waals surface area contributed by atoms with E-state index in [0.717, 1.165) is 6.42 Å². The highest BCUT2D eigenvalue weighted by Gasteiger charge is 2.39. The van der Waals surface area contributed by atoms with Crippen LogP contribution in [0.2, 0.25) is 0 Å². The molecule has 1 heterocycles. The van der Waals surface area contributed by atoms with Gasteiger partial charge in [-0.05, 0) is 12.3 Å². The average molecular weight is 202 g/mol. The quantitative estimate of drug-likeness (QED) is 0.711. The lowest BCUT2D eigenvalue weighted by Gasteiger charge is -2.41. The third-order valence-corrected chi connectivity index (χ3v) is 3.13. The van der Waals surface area contributed by atoms with Crippen LogP contribution in [0.5, 0.6) is 0 Å². The molecule has 14 heavy (non-hydrogen) atoms. The van der Waals surface area contributed by atoms with E-state index in [1.165, 1.54) is 0 Å². The maximum Gasteiger partial charge on any atom is 0.159 e. The van der Waals surface area contributed by atoms with Gasteiger partial charge in [0.15, 0.2) is 6.29 Å². The maximum atomic E-state index is 9.86. The molecule has 1 aliphatic heterocycles. The summed E-state index contributed by atoms with van der Waals surface area (Å²) >= 11 is 0. The Morgan fingerprint density at radius 3 is 2.21 bits per heavy atom. The zero-order valence-electron chi connectivity index (χ0n) is 9.47. The van der Waals surface area contributed by atoms with Crippen LogP contribution in [0.3, 0.4) is 0 Å². The Hall–Kier alpha value is -0.120. The first-order valence-electron chi connectivity index (χ1n) is 5.45. The molecule has 84 valence electrons. The highest BCUT2D eigenvalue weighted by molar-refractivity contribution is 4.84. The summed E-state index contributed by atoms with van der Waals surface area (Å²) in [6.45, 7) is 8.04. The van der Waals surface area contributed by atoms with Crippen molar-refractivity contribution in [1.82, 2.24) is 0 Å². The fourth-order valence-corrected chi connectivity index (χ4v) is 2.03. The number of rotatable bonds is 2. The maximum absolute atomic E-state index is 9.86. The SMILES string of the molecule is CC(C)C[C@H]1OC(O)[C@@H](C)[C@@H](O)[C@@H]1C. The summed E-state index contributed by atoms with van der Waals surface area (Å²) in [5, 5.41) is 19.4. The fraction of sp³-hybridized carbons (Fsp3) is 1.00. The predicted octanol–water partition coefficient (Wildman–Crippen LogP) is 1.38. The molecule has 2 N–H and O–H groups in total. The molecule has 0 spiro atoms. The molecule has 0 radical (unpaired) electrons. The second-order valence-corrected chi connectivity index (χ2v) is 4.90. The Balaban J connectivity index is 2.60. The number of aliphatic hydroxyl groups is 2. The van der Waals surface area contributed by atoms with E-state index in [9.17, 15) is 10.2 Å². The van der Waals surface area contributed by atoms with Gasteiger partial charge >= 0.3 is 0 Å². The van der Waals surface area contributed by atoms with Gasteiger partial charge in [0.1, 0.15) is 0 Å². The summed E-state index contributed by atoms with van der Waals surface area (Å²) in [6, 6.07) is 0. The second-order valence-electron chi connectivity index (χ2n) is 4.90. The Morgan fingerprint density at radius 2 is 1.71 bits per heavy atom. The van der Waals surface area contributed by atoms with Crippen molar-refractivity contribution in [3.63, 3.8) is 0 Å². The zero-order valence-corrected chi connectivity index (χ0v) is 9.47. The minimum atomic E-state index is -0.815. The number of ether oxygens (including phenoxy) is 1. The summed E-state index contributed by atoms with van der Waals surface area (Å²) in [4.78, 5) is 0. The van der Waals surface area contributed by atoms with E-state index < -0.39 is 12.4 Å². The van der Waals surface area contributed by atoms with Crippen molar-refractivity contribution in [2.75, 3.05) is 0 Å². The van der Waals surface area contributed by atoms with Crippen molar-refractivity contribution in [3.05, 3.63) is 0 Å². The molecular formula is C11H22O3. The van der Waals surface area contributed by atoms with E-state index in [0.29, 0.717) is 5.92 Å². The van der Waals surface area contributed by atoms with Crippen molar-refractivity contribution < 1.29 is 14.9 Å². The molecular weight excluding hydrogens is 180 g/mol. The lowest BCUT2D eigenvalue weighted by molar-refractivity contribution is -0.244. The Morgan fingerprint density at radius 1 is 1.14 bits per heavy atom. The molecule has 0 aliphatic carbocycles. The van der Waals surface area contributed by atoms with Crippen molar-refractivity contribution >= 4 is 0 Å². The van der Waals surface area contributed by atoms with Crippen LogP contribution in [-0.4, -0.2) is 28.7 Å². The van der Waals surface area contributed by atoms with Gasteiger partial charge in [0.25, 0.3) is 0 Å². The van der Waals surface area contributed by atoms with E-state index in [-0.39, 0.29) is 17.9 Å². The number of hydrogen-bond donors (Lipinski definition) is 2. The van der Waals surface area contributed by atoms with E-state index in [1.54, 1.807) is 0 Å². The first kappa shape index (κ1) is 12.0.